The van der Waals surface area contributed by atoms with Crippen molar-refractivity contribution in [3.63, 3.8) is 0 Å². The number of nitrogens with zero attached hydrogens (tertiary/aromatic N) is 1. The molecular weight excluding hydrogens is 453 g/mol. The summed E-state index contributed by atoms with van der Waals surface area (Å²) in [6, 6.07) is 18.4. The third-order valence-corrected chi connectivity index (χ3v) is 3.71. The highest BCUT2D eigenvalue weighted by Crippen LogP contribution is 2.16. The van der Waals surface area contributed by atoms with Crippen LogP contribution in [0.5, 0.6) is 5.75 Å². The third-order valence-electron chi connectivity index (χ3n) is 3.71. The lowest BCUT2D eigenvalue weighted by Gasteiger charge is -2.17. The normalized spacial score (nSPS) is 12.0. The Labute approximate surface area is 179 Å². The number of benzene rings is 2. The number of methoxy groups -OCH3 is 1. The number of hydrogen-bond acceptors (Lipinski definition) is 3. The third kappa shape index (κ3) is 9.10. The largest absolute Gasteiger partial charge is 0.489 e. The summed E-state index contributed by atoms with van der Waals surface area (Å²) in [6.45, 7) is 6.70. The summed E-state index contributed by atoms with van der Waals surface area (Å²) in [4.78, 5) is 4.65. The van der Waals surface area contributed by atoms with Gasteiger partial charge in [0.2, 0.25) is 0 Å². The van der Waals surface area contributed by atoms with Crippen molar-refractivity contribution >= 4 is 29.9 Å². The quantitative estimate of drug-likeness (QED) is 0.322. The van der Waals surface area contributed by atoms with E-state index in [-0.39, 0.29) is 30.0 Å². The molecule has 6 heteroatoms. The van der Waals surface area contributed by atoms with Crippen LogP contribution in [-0.2, 0) is 17.9 Å². The second kappa shape index (κ2) is 13.4. The van der Waals surface area contributed by atoms with E-state index in [0.717, 1.165) is 29.4 Å². The summed E-state index contributed by atoms with van der Waals surface area (Å²) < 4.78 is 11.0. The minimum absolute atomic E-state index is 0. The van der Waals surface area contributed by atoms with Gasteiger partial charge in [0.25, 0.3) is 0 Å². The lowest BCUT2D eigenvalue weighted by molar-refractivity contribution is 0.179. The highest BCUT2D eigenvalue weighted by Gasteiger charge is 2.04. The number of aliphatic imine (C=N–C) groups is 1. The number of rotatable bonds is 9. The van der Waals surface area contributed by atoms with Crippen LogP contribution in [-0.4, -0.2) is 32.3 Å². The van der Waals surface area contributed by atoms with Gasteiger partial charge in [-0.25, -0.2) is 4.99 Å². The molecule has 0 fully saturated rings. The van der Waals surface area contributed by atoms with Gasteiger partial charge in [0.05, 0.1) is 13.2 Å². The van der Waals surface area contributed by atoms with E-state index in [4.69, 9.17) is 9.47 Å². The van der Waals surface area contributed by atoms with Crippen molar-refractivity contribution < 1.29 is 9.47 Å². The molecule has 148 valence electrons. The van der Waals surface area contributed by atoms with Crippen LogP contribution in [0.1, 0.15) is 25.0 Å². The highest BCUT2D eigenvalue weighted by atomic mass is 127. The van der Waals surface area contributed by atoms with Crippen LogP contribution in [0.2, 0.25) is 0 Å². The van der Waals surface area contributed by atoms with Crippen LogP contribution in [0, 0.1) is 0 Å². The molecule has 1 unspecified atom stereocenters. The summed E-state index contributed by atoms with van der Waals surface area (Å²) in [7, 11) is 1.70. The Morgan fingerprint density at radius 2 is 1.81 bits per heavy atom. The zero-order valence-corrected chi connectivity index (χ0v) is 18.6. The molecule has 0 amide bonds. The van der Waals surface area contributed by atoms with E-state index in [9.17, 15) is 0 Å². The summed E-state index contributed by atoms with van der Waals surface area (Å²) in [5, 5.41) is 6.59. The zero-order valence-electron chi connectivity index (χ0n) is 16.3. The minimum atomic E-state index is 0. The predicted molar refractivity (Wildman–Crippen MR) is 122 cm³/mol. The first-order valence-corrected chi connectivity index (χ1v) is 9.00. The van der Waals surface area contributed by atoms with Gasteiger partial charge in [0, 0.05) is 19.7 Å². The number of guanidine groups is 1. The second-order valence-electron chi connectivity index (χ2n) is 6.12. The fourth-order valence-electron chi connectivity index (χ4n) is 2.49. The molecule has 0 spiro atoms. The summed E-state index contributed by atoms with van der Waals surface area (Å²) >= 11 is 0. The Morgan fingerprint density at radius 1 is 1.07 bits per heavy atom. The highest BCUT2D eigenvalue weighted by molar-refractivity contribution is 14.0. The molecule has 0 aliphatic rings. The van der Waals surface area contributed by atoms with Crippen LogP contribution in [0.25, 0.3) is 0 Å². The van der Waals surface area contributed by atoms with Gasteiger partial charge >= 0.3 is 0 Å². The average molecular weight is 483 g/mol. The molecule has 0 saturated carbocycles. The number of ether oxygens (including phenoxy) is 2. The summed E-state index contributed by atoms with van der Waals surface area (Å²) in [5.74, 6) is 1.64. The number of hydrogen-bond donors (Lipinski definition) is 2. The molecule has 0 aliphatic carbocycles. The van der Waals surface area contributed by atoms with E-state index in [0.29, 0.717) is 19.8 Å². The molecule has 0 heterocycles. The van der Waals surface area contributed by atoms with Gasteiger partial charge in [-0.1, -0.05) is 42.5 Å². The van der Waals surface area contributed by atoms with Crippen LogP contribution in [0.15, 0.2) is 59.6 Å². The first-order chi connectivity index (χ1) is 12.7. The first kappa shape index (κ1) is 23.2. The first-order valence-electron chi connectivity index (χ1n) is 9.00. The fourth-order valence-corrected chi connectivity index (χ4v) is 2.49. The van der Waals surface area contributed by atoms with E-state index in [1.165, 1.54) is 0 Å². The van der Waals surface area contributed by atoms with Crippen LogP contribution in [0.4, 0.5) is 0 Å². The van der Waals surface area contributed by atoms with E-state index in [2.05, 4.69) is 47.7 Å². The van der Waals surface area contributed by atoms with Gasteiger partial charge < -0.3 is 20.1 Å². The molecule has 0 aromatic heterocycles. The predicted octanol–water partition coefficient (Wildman–Crippen LogP) is 3.97. The molecule has 0 bridgehead atoms. The van der Waals surface area contributed by atoms with Crippen molar-refractivity contribution in [1.82, 2.24) is 10.6 Å². The van der Waals surface area contributed by atoms with E-state index in [1.807, 2.05) is 36.4 Å². The summed E-state index contributed by atoms with van der Waals surface area (Å²) in [6.07, 6.45) is 0. The maximum atomic E-state index is 5.89. The van der Waals surface area contributed by atoms with Crippen LogP contribution in [0.3, 0.4) is 0 Å². The molecular formula is C21H30IN3O2. The lowest BCUT2D eigenvalue weighted by atomic mass is 10.2. The van der Waals surface area contributed by atoms with Gasteiger partial charge in [-0.3, -0.25) is 0 Å². The smallest absolute Gasteiger partial charge is 0.191 e. The maximum absolute atomic E-state index is 5.89. The Balaban J connectivity index is 0.00000364. The zero-order chi connectivity index (χ0) is 18.6. The van der Waals surface area contributed by atoms with Crippen molar-refractivity contribution in [2.24, 2.45) is 4.99 Å². The Hall–Kier alpha value is -1.80. The van der Waals surface area contributed by atoms with Gasteiger partial charge in [-0.2, -0.15) is 0 Å². The molecule has 0 aliphatic heterocycles. The lowest BCUT2D eigenvalue weighted by Crippen LogP contribution is -2.43. The van der Waals surface area contributed by atoms with E-state index in [1.54, 1.807) is 7.11 Å². The SMILES string of the molecule is CCNC(=NCc1cccc(OCc2ccccc2)c1)NC(C)COC.I. The Kier molecular flexibility index (Phi) is 11.5. The molecule has 0 radical (unpaired) electrons. The van der Waals surface area contributed by atoms with Crippen molar-refractivity contribution in [2.45, 2.75) is 33.0 Å². The molecule has 2 rings (SSSR count). The Bertz CT molecular complexity index is 680. The monoisotopic (exact) mass is 483 g/mol. The average Bonchev–Trinajstić information content (AvgIpc) is 2.66. The summed E-state index contributed by atoms with van der Waals surface area (Å²) in [5.41, 5.74) is 2.26. The minimum Gasteiger partial charge on any atom is -0.489 e. The van der Waals surface area contributed by atoms with Crippen molar-refractivity contribution in [2.75, 3.05) is 20.3 Å². The number of halogens is 1. The molecule has 2 aromatic carbocycles. The van der Waals surface area contributed by atoms with Crippen molar-refractivity contribution in [3.8, 4) is 5.75 Å². The van der Waals surface area contributed by atoms with Gasteiger partial charge in [-0.15, -0.1) is 24.0 Å². The molecule has 0 saturated heterocycles. The Morgan fingerprint density at radius 3 is 2.52 bits per heavy atom. The van der Waals surface area contributed by atoms with Gasteiger partial charge in [0.15, 0.2) is 5.96 Å². The molecule has 2 aromatic rings. The van der Waals surface area contributed by atoms with E-state index < -0.39 is 0 Å². The second-order valence-corrected chi connectivity index (χ2v) is 6.12. The molecule has 27 heavy (non-hydrogen) atoms. The standard InChI is InChI=1S/C21H29N3O2.HI/c1-4-22-21(24-17(2)15-25-3)23-14-19-11-8-12-20(13-19)26-16-18-9-6-5-7-10-18;/h5-13,17H,4,14-16H2,1-3H3,(H2,22,23,24);1H. The molecule has 2 N–H and O–H groups in total. The maximum Gasteiger partial charge on any atom is 0.191 e. The molecule has 5 nitrogen and oxygen atoms in total. The van der Waals surface area contributed by atoms with Crippen LogP contribution < -0.4 is 15.4 Å². The van der Waals surface area contributed by atoms with Crippen molar-refractivity contribution in [1.29, 1.82) is 0 Å². The van der Waals surface area contributed by atoms with Crippen LogP contribution >= 0.6 is 24.0 Å². The topological polar surface area (TPSA) is 54.9 Å². The molecule has 1 atom stereocenters. The van der Waals surface area contributed by atoms with Gasteiger partial charge in [-0.05, 0) is 37.1 Å². The van der Waals surface area contributed by atoms with Crippen molar-refractivity contribution in [3.05, 3.63) is 65.7 Å². The number of nitrogens with one attached hydrogen (secondary N) is 2. The van der Waals surface area contributed by atoms with E-state index >= 15 is 0 Å². The fraction of sp³-hybridized carbons (Fsp3) is 0.381. The van der Waals surface area contributed by atoms with Gasteiger partial charge in [0.1, 0.15) is 12.4 Å².